The Bertz CT molecular complexity index is 601. The Hall–Kier alpha value is -1.31. The molecular formula is C14H23N3O3S. The molecule has 1 saturated heterocycles. The molecule has 1 heterocycles. The predicted molar refractivity (Wildman–Crippen MR) is 84.0 cm³/mol. The fourth-order valence-electron chi connectivity index (χ4n) is 2.38. The van der Waals surface area contributed by atoms with Crippen molar-refractivity contribution in [2.24, 2.45) is 0 Å². The average molecular weight is 313 g/mol. The molecule has 0 bridgehead atoms. The molecule has 1 atom stereocenters. The Labute approximate surface area is 126 Å². The van der Waals surface area contributed by atoms with Crippen LogP contribution in [0.2, 0.25) is 0 Å². The lowest BCUT2D eigenvalue weighted by Gasteiger charge is -2.34. The smallest absolute Gasteiger partial charge is 0.242 e. The number of hydrogen-bond donors (Lipinski definition) is 1. The second-order valence-corrected chi connectivity index (χ2v) is 7.51. The maximum atomic E-state index is 12.1. The number of nitrogen functional groups attached to an aromatic ring is 1. The van der Waals surface area contributed by atoms with Crippen molar-refractivity contribution < 1.29 is 13.2 Å². The molecule has 118 valence electrons. The molecule has 2 N–H and O–H groups in total. The van der Waals surface area contributed by atoms with Crippen molar-refractivity contribution >= 4 is 21.4 Å². The van der Waals surface area contributed by atoms with Gasteiger partial charge in [0.25, 0.3) is 0 Å². The van der Waals surface area contributed by atoms with E-state index in [0.717, 1.165) is 25.2 Å². The lowest BCUT2D eigenvalue weighted by molar-refractivity contribution is 0.0385. The number of nitrogens with two attached hydrogens (primary N) is 1. The van der Waals surface area contributed by atoms with Gasteiger partial charge in [0.15, 0.2) is 0 Å². The number of sulfonamides is 1. The number of ether oxygens (including phenoxy) is 1. The first-order valence-electron chi connectivity index (χ1n) is 7.05. The van der Waals surface area contributed by atoms with E-state index in [0.29, 0.717) is 12.3 Å². The van der Waals surface area contributed by atoms with E-state index in [1.807, 2.05) is 0 Å². The quantitative estimate of drug-likeness (QED) is 0.844. The summed E-state index contributed by atoms with van der Waals surface area (Å²) >= 11 is 0. The van der Waals surface area contributed by atoms with Crippen molar-refractivity contribution in [3.8, 4) is 0 Å². The molecule has 0 aliphatic carbocycles. The molecule has 1 unspecified atom stereocenters. The summed E-state index contributed by atoms with van der Waals surface area (Å²) in [7, 11) is -0.438. The van der Waals surface area contributed by atoms with Gasteiger partial charge in [-0.25, -0.2) is 12.7 Å². The van der Waals surface area contributed by atoms with E-state index in [-0.39, 0.29) is 11.0 Å². The highest BCUT2D eigenvalue weighted by atomic mass is 32.2. The van der Waals surface area contributed by atoms with Crippen LogP contribution in [-0.2, 0) is 14.8 Å². The van der Waals surface area contributed by atoms with E-state index >= 15 is 0 Å². The minimum absolute atomic E-state index is 0.198. The van der Waals surface area contributed by atoms with Gasteiger partial charge in [-0.15, -0.1) is 0 Å². The maximum absolute atomic E-state index is 12.1. The third-order valence-corrected chi connectivity index (χ3v) is 5.52. The minimum atomic E-state index is -3.45. The van der Waals surface area contributed by atoms with Crippen molar-refractivity contribution in [2.45, 2.75) is 24.3 Å². The zero-order valence-electron chi connectivity index (χ0n) is 12.7. The molecule has 21 heavy (non-hydrogen) atoms. The number of nitrogens with zero attached hydrogens (tertiary/aromatic N) is 2. The fourth-order valence-corrected chi connectivity index (χ4v) is 3.31. The van der Waals surface area contributed by atoms with Crippen LogP contribution >= 0.6 is 0 Å². The average Bonchev–Trinajstić information content (AvgIpc) is 2.47. The zero-order chi connectivity index (χ0) is 15.6. The van der Waals surface area contributed by atoms with E-state index in [4.69, 9.17) is 10.5 Å². The summed E-state index contributed by atoms with van der Waals surface area (Å²) in [4.78, 5) is 2.37. The number of anilines is 2. The SMILES string of the molecule is CCC1CN(c2ccc(S(=O)(=O)N(C)C)cc2N)CCO1. The zero-order valence-corrected chi connectivity index (χ0v) is 13.6. The monoisotopic (exact) mass is 313 g/mol. The van der Waals surface area contributed by atoms with Crippen molar-refractivity contribution in [2.75, 3.05) is 44.4 Å². The number of benzene rings is 1. The van der Waals surface area contributed by atoms with Crippen LogP contribution in [0.5, 0.6) is 0 Å². The van der Waals surface area contributed by atoms with Crippen molar-refractivity contribution in [3.63, 3.8) is 0 Å². The highest BCUT2D eigenvalue weighted by molar-refractivity contribution is 7.89. The summed E-state index contributed by atoms with van der Waals surface area (Å²) in [6.07, 6.45) is 1.15. The van der Waals surface area contributed by atoms with Crippen LogP contribution in [-0.4, -0.2) is 52.6 Å². The van der Waals surface area contributed by atoms with E-state index in [9.17, 15) is 8.42 Å². The van der Waals surface area contributed by atoms with Gasteiger partial charge in [0.2, 0.25) is 10.0 Å². The number of rotatable bonds is 4. The lowest BCUT2D eigenvalue weighted by atomic mass is 10.2. The summed E-state index contributed by atoms with van der Waals surface area (Å²) in [5, 5.41) is 0. The molecule has 0 aromatic heterocycles. The van der Waals surface area contributed by atoms with Crippen molar-refractivity contribution in [1.82, 2.24) is 4.31 Å². The third-order valence-electron chi connectivity index (χ3n) is 3.71. The van der Waals surface area contributed by atoms with Crippen molar-refractivity contribution in [1.29, 1.82) is 0 Å². The first kappa shape index (κ1) is 16.1. The molecule has 1 fully saturated rings. The largest absolute Gasteiger partial charge is 0.397 e. The van der Waals surface area contributed by atoms with Gasteiger partial charge in [0.05, 0.1) is 29.0 Å². The Kier molecular flexibility index (Phi) is 4.75. The van der Waals surface area contributed by atoms with Crippen LogP contribution in [0, 0.1) is 0 Å². The highest BCUT2D eigenvalue weighted by Gasteiger charge is 2.23. The van der Waals surface area contributed by atoms with Gasteiger partial charge in [0.1, 0.15) is 0 Å². The summed E-state index contributed by atoms with van der Waals surface area (Å²) in [6.45, 7) is 4.29. The topological polar surface area (TPSA) is 75.9 Å². The normalized spacial score (nSPS) is 20.0. The molecule has 0 radical (unpaired) electrons. The summed E-state index contributed by atoms with van der Waals surface area (Å²) in [6, 6.07) is 4.92. The van der Waals surface area contributed by atoms with Crippen LogP contribution in [0.25, 0.3) is 0 Å². The van der Waals surface area contributed by atoms with E-state index in [1.165, 1.54) is 24.5 Å². The Balaban J connectivity index is 2.28. The van der Waals surface area contributed by atoms with E-state index in [2.05, 4.69) is 11.8 Å². The van der Waals surface area contributed by atoms with Crippen LogP contribution in [0.4, 0.5) is 11.4 Å². The van der Waals surface area contributed by atoms with Crippen LogP contribution in [0.3, 0.4) is 0 Å². The molecular weight excluding hydrogens is 290 g/mol. The molecule has 7 heteroatoms. The molecule has 2 rings (SSSR count). The summed E-state index contributed by atoms with van der Waals surface area (Å²) < 4.78 is 31.0. The Morgan fingerprint density at radius 1 is 1.43 bits per heavy atom. The van der Waals surface area contributed by atoms with E-state index in [1.54, 1.807) is 12.1 Å². The standard InChI is InChI=1S/C14H23N3O3S/c1-4-11-10-17(7-8-20-11)14-6-5-12(9-13(14)15)21(18,19)16(2)3/h5-6,9,11H,4,7-8,10,15H2,1-3H3. The number of hydrogen-bond acceptors (Lipinski definition) is 5. The number of morpholine rings is 1. The first-order valence-corrected chi connectivity index (χ1v) is 8.49. The van der Waals surface area contributed by atoms with Gasteiger partial charge in [0, 0.05) is 27.2 Å². The second-order valence-electron chi connectivity index (χ2n) is 5.36. The third kappa shape index (κ3) is 3.30. The molecule has 0 spiro atoms. The Morgan fingerprint density at radius 2 is 2.14 bits per heavy atom. The fraction of sp³-hybridized carbons (Fsp3) is 0.571. The van der Waals surface area contributed by atoms with Crippen LogP contribution in [0.1, 0.15) is 13.3 Å². The van der Waals surface area contributed by atoms with E-state index < -0.39 is 10.0 Å². The predicted octanol–water partition coefficient (Wildman–Crippen LogP) is 1.13. The molecule has 1 aliphatic rings. The first-order chi connectivity index (χ1) is 9.86. The van der Waals surface area contributed by atoms with Gasteiger partial charge in [-0.05, 0) is 24.6 Å². The lowest BCUT2D eigenvalue weighted by Crippen LogP contribution is -2.42. The maximum Gasteiger partial charge on any atom is 0.242 e. The minimum Gasteiger partial charge on any atom is -0.397 e. The van der Waals surface area contributed by atoms with Gasteiger partial charge in [-0.1, -0.05) is 6.92 Å². The van der Waals surface area contributed by atoms with Crippen molar-refractivity contribution in [3.05, 3.63) is 18.2 Å². The molecule has 6 nitrogen and oxygen atoms in total. The summed E-state index contributed by atoms with van der Waals surface area (Å²) in [5.74, 6) is 0. The van der Waals surface area contributed by atoms with Gasteiger partial charge in [-0.3, -0.25) is 0 Å². The summed E-state index contributed by atoms with van der Waals surface area (Å²) in [5.41, 5.74) is 7.42. The highest BCUT2D eigenvalue weighted by Crippen LogP contribution is 2.28. The van der Waals surface area contributed by atoms with Gasteiger partial charge in [-0.2, -0.15) is 0 Å². The van der Waals surface area contributed by atoms with Gasteiger partial charge >= 0.3 is 0 Å². The molecule has 1 aromatic carbocycles. The second kappa shape index (κ2) is 6.21. The molecule has 1 aliphatic heterocycles. The van der Waals surface area contributed by atoms with Gasteiger partial charge < -0.3 is 15.4 Å². The van der Waals surface area contributed by atoms with Crippen LogP contribution in [0.15, 0.2) is 23.1 Å². The van der Waals surface area contributed by atoms with Crippen LogP contribution < -0.4 is 10.6 Å². The Morgan fingerprint density at radius 3 is 2.71 bits per heavy atom. The molecule has 1 aromatic rings. The molecule has 0 saturated carbocycles. The molecule has 0 amide bonds.